The number of H-pyrrole nitrogens is 1. The third-order valence-corrected chi connectivity index (χ3v) is 6.48. The molecule has 0 radical (unpaired) electrons. The van der Waals surface area contributed by atoms with Crippen LogP contribution in [0.2, 0.25) is 0 Å². The van der Waals surface area contributed by atoms with Crippen LogP contribution in [0.4, 0.5) is 5.13 Å². The van der Waals surface area contributed by atoms with Crippen molar-refractivity contribution in [2.24, 2.45) is 0 Å². The van der Waals surface area contributed by atoms with Crippen LogP contribution in [0.1, 0.15) is 21.9 Å². The van der Waals surface area contributed by atoms with Crippen molar-refractivity contribution in [2.75, 3.05) is 12.4 Å². The molecule has 4 rings (SSSR count). The molecule has 0 spiro atoms. The number of rotatable bonds is 8. The number of hydrogen-bond acceptors (Lipinski definition) is 10. The molecule has 2 N–H and O–H groups in total. The van der Waals surface area contributed by atoms with E-state index in [0.717, 1.165) is 16.3 Å². The van der Waals surface area contributed by atoms with Crippen molar-refractivity contribution in [1.82, 2.24) is 30.1 Å². The summed E-state index contributed by atoms with van der Waals surface area (Å²) < 4.78 is 5.08. The standard InChI is InChI=1S/C19H17N7O2S3/c1-11-3-4-13(7-20-11)30-14-5-6-15(31-18-21-10-22-26-18)24-16(14)17(27)25-19-23-12(8-28-2)9-29-19/h3-7,9-10H,8H2,1-2H3,(H,21,22,26)(H,23,25,27). The molecule has 0 saturated heterocycles. The minimum atomic E-state index is -0.346. The minimum Gasteiger partial charge on any atom is -0.378 e. The highest BCUT2D eigenvalue weighted by Gasteiger charge is 2.18. The Balaban J connectivity index is 1.61. The molecule has 1 amide bonds. The summed E-state index contributed by atoms with van der Waals surface area (Å²) >= 11 is 4.05. The second-order valence-corrected chi connectivity index (χ2v) is 9.14. The zero-order chi connectivity index (χ0) is 21.6. The van der Waals surface area contributed by atoms with Gasteiger partial charge in [0.15, 0.2) is 10.3 Å². The van der Waals surface area contributed by atoms with Gasteiger partial charge in [0, 0.05) is 34.2 Å². The van der Waals surface area contributed by atoms with E-state index in [-0.39, 0.29) is 5.91 Å². The van der Waals surface area contributed by atoms with Crippen molar-refractivity contribution >= 4 is 45.9 Å². The summed E-state index contributed by atoms with van der Waals surface area (Å²) in [5.41, 5.74) is 1.97. The third kappa shape index (κ3) is 5.67. The number of aromatic amines is 1. The van der Waals surface area contributed by atoms with Gasteiger partial charge >= 0.3 is 0 Å². The highest BCUT2D eigenvalue weighted by molar-refractivity contribution is 7.99. The molecular formula is C19H17N7O2S3. The predicted molar refractivity (Wildman–Crippen MR) is 119 cm³/mol. The normalized spacial score (nSPS) is 10.9. The Labute approximate surface area is 190 Å². The van der Waals surface area contributed by atoms with Crippen molar-refractivity contribution in [3.63, 3.8) is 0 Å². The lowest BCUT2D eigenvalue weighted by molar-refractivity contribution is 0.101. The lowest BCUT2D eigenvalue weighted by Crippen LogP contribution is -2.15. The average Bonchev–Trinajstić information content (AvgIpc) is 3.43. The van der Waals surface area contributed by atoms with Gasteiger partial charge in [0.1, 0.15) is 17.0 Å². The van der Waals surface area contributed by atoms with E-state index >= 15 is 0 Å². The van der Waals surface area contributed by atoms with Crippen LogP contribution in [0.5, 0.6) is 0 Å². The molecule has 158 valence electrons. The van der Waals surface area contributed by atoms with E-state index < -0.39 is 0 Å². The topological polar surface area (TPSA) is 119 Å². The average molecular weight is 472 g/mol. The molecule has 0 aliphatic rings. The number of pyridine rings is 2. The zero-order valence-corrected chi connectivity index (χ0v) is 19.0. The van der Waals surface area contributed by atoms with Crippen LogP contribution in [0, 0.1) is 6.92 Å². The fourth-order valence-electron chi connectivity index (χ4n) is 2.45. The van der Waals surface area contributed by atoms with Crippen LogP contribution < -0.4 is 5.32 Å². The molecule has 4 heterocycles. The van der Waals surface area contributed by atoms with Gasteiger partial charge in [0.25, 0.3) is 5.91 Å². The Morgan fingerprint density at radius 1 is 1.23 bits per heavy atom. The highest BCUT2D eigenvalue weighted by Crippen LogP contribution is 2.32. The summed E-state index contributed by atoms with van der Waals surface area (Å²) in [5.74, 6) is -0.346. The first-order valence-electron chi connectivity index (χ1n) is 9.01. The highest BCUT2D eigenvalue weighted by atomic mass is 32.2. The summed E-state index contributed by atoms with van der Waals surface area (Å²) in [4.78, 5) is 30.9. The molecule has 0 aliphatic heterocycles. The number of amides is 1. The van der Waals surface area contributed by atoms with Gasteiger partial charge < -0.3 is 9.72 Å². The molecule has 0 bridgehead atoms. The van der Waals surface area contributed by atoms with Crippen LogP contribution in [-0.4, -0.2) is 43.2 Å². The molecule has 9 nitrogen and oxygen atoms in total. The number of carbonyl (C=O) groups excluding carboxylic acids is 1. The molecule has 0 aliphatic carbocycles. The number of hydrogen-bond donors (Lipinski definition) is 2. The summed E-state index contributed by atoms with van der Waals surface area (Å²) in [6.07, 6.45) is 3.27. The largest absolute Gasteiger partial charge is 0.378 e. The van der Waals surface area contributed by atoms with E-state index in [1.54, 1.807) is 13.3 Å². The fraction of sp³-hybridized carbons (Fsp3) is 0.158. The quantitative estimate of drug-likeness (QED) is 0.392. The van der Waals surface area contributed by atoms with Crippen LogP contribution in [-0.2, 0) is 11.3 Å². The second kappa shape index (κ2) is 10.0. The SMILES string of the molecule is COCc1csc(NC(=O)c2nc(Sc3nnc[nH]3)ccc2Sc2ccc(C)nc2)n1. The lowest BCUT2D eigenvalue weighted by Gasteiger charge is -2.10. The first kappa shape index (κ1) is 21.4. The predicted octanol–water partition coefficient (Wildman–Crippen LogP) is 4.06. The van der Waals surface area contributed by atoms with Gasteiger partial charge in [-0.15, -0.1) is 21.5 Å². The van der Waals surface area contributed by atoms with Crippen LogP contribution >= 0.6 is 34.9 Å². The van der Waals surface area contributed by atoms with E-state index in [4.69, 9.17) is 4.74 Å². The first-order chi connectivity index (χ1) is 15.1. The Morgan fingerprint density at radius 2 is 2.13 bits per heavy atom. The third-order valence-electron chi connectivity index (χ3n) is 3.82. The lowest BCUT2D eigenvalue weighted by atomic mass is 10.3. The van der Waals surface area contributed by atoms with Crippen molar-refractivity contribution in [3.05, 3.63) is 59.3 Å². The fourth-order valence-corrected chi connectivity index (χ4v) is 4.68. The van der Waals surface area contributed by atoms with Gasteiger partial charge in [-0.25, -0.2) is 9.97 Å². The number of thiazole rings is 1. The number of nitrogens with one attached hydrogen (secondary N) is 2. The maximum absolute atomic E-state index is 13.1. The monoisotopic (exact) mass is 471 g/mol. The number of methoxy groups -OCH3 is 1. The molecule has 12 heteroatoms. The van der Waals surface area contributed by atoms with Gasteiger partial charge in [0.2, 0.25) is 0 Å². The summed E-state index contributed by atoms with van der Waals surface area (Å²) in [5, 5.41) is 14.1. The number of aromatic nitrogens is 6. The Morgan fingerprint density at radius 3 is 2.87 bits per heavy atom. The summed E-state index contributed by atoms with van der Waals surface area (Å²) in [6, 6.07) is 7.59. The smallest absolute Gasteiger partial charge is 0.277 e. The molecule has 31 heavy (non-hydrogen) atoms. The Kier molecular flexibility index (Phi) is 6.92. The molecule has 4 aromatic heterocycles. The summed E-state index contributed by atoms with van der Waals surface area (Å²) in [6.45, 7) is 2.31. The molecular weight excluding hydrogens is 454 g/mol. The van der Waals surface area contributed by atoms with Gasteiger partial charge in [-0.05, 0) is 43.0 Å². The Bertz CT molecular complexity index is 1160. The van der Waals surface area contributed by atoms with E-state index in [2.05, 4.69) is 35.5 Å². The van der Waals surface area contributed by atoms with Crippen molar-refractivity contribution in [3.8, 4) is 0 Å². The number of carbonyl (C=O) groups is 1. The van der Waals surface area contributed by atoms with Crippen molar-refractivity contribution in [2.45, 2.75) is 33.5 Å². The van der Waals surface area contributed by atoms with E-state index in [0.29, 0.717) is 32.5 Å². The van der Waals surface area contributed by atoms with E-state index in [1.807, 2.05) is 36.6 Å². The first-order valence-corrected chi connectivity index (χ1v) is 11.5. The van der Waals surface area contributed by atoms with Gasteiger partial charge in [-0.3, -0.25) is 15.1 Å². The van der Waals surface area contributed by atoms with Crippen LogP contribution in [0.3, 0.4) is 0 Å². The minimum absolute atomic E-state index is 0.290. The summed E-state index contributed by atoms with van der Waals surface area (Å²) in [7, 11) is 1.60. The second-order valence-electron chi connectivity index (χ2n) is 6.16. The molecule has 0 fully saturated rings. The van der Waals surface area contributed by atoms with Crippen molar-refractivity contribution < 1.29 is 9.53 Å². The molecule has 0 saturated carbocycles. The van der Waals surface area contributed by atoms with E-state index in [9.17, 15) is 4.79 Å². The molecule has 0 unspecified atom stereocenters. The molecule has 0 atom stereocenters. The van der Waals surface area contributed by atoms with Crippen LogP contribution in [0.15, 0.2) is 62.1 Å². The number of nitrogens with zero attached hydrogens (tertiary/aromatic N) is 5. The Hall–Kier alpha value is -2.80. The maximum atomic E-state index is 13.1. The van der Waals surface area contributed by atoms with Crippen molar-refractivity contribution in [1.29, 1.82) is 0 Å². The maximum Gasteiger partial charge on any atom is 0.277 e. The van der Waals surface area contributed by atoms with E-state index in [1.165, 1.54) is 41.2 Å². The number of anilines is 1. The van der Waals surface area contributed by atoms with Gasteiger partial charge in [-0.2, -0.15) is 0 Å². The van der Waals surface area contributed by atoms with Gasteiger partial charge in [0.05, 0.1) is 12.3 Å². The van der Waals surface area contributed by atoms with Gasteiger partial charge in [-0.1, -0.05) is 11.8 Å². The number of aryl methyl sites for hydroxylation is 1. The molecule has 4 aromatic rings. The molecule has 0 aromatic carbocycles. The number of ether oxygens (including phenoxy) is 1. The zero-order valence-electron chi connectivity index (χ0n) is 16.5. The van der Waals surface area contributed by atoms with Crippen LogP contribution in [0.25, 0.3) is 0 Å².